The molecule has 0 aliphatic rings. The summed E-state index contributed by atoms with van der Waals surface area (Å²) in [4.78, 5) is 0. The van der Waals surface area contributed by atoms with Crippen LogP contribution in [0.1, 0.15) is 43.4 Å². The van der Waals surface area contributed by atoms with Gasteiger partial charge in [-0.05, 0) is 42.0 Å². The first-order valence-corrected chi connectivity index (χ1v) is 5.65. The van der Waals surface area contributed by atoms with Crippen LogP contribution in [0.5, 0.6) is 5.75 Å². The molecule has 3 N–H and O–H groups in total. The summed E-state index contributed by atoms with van der Waals surface area (Å²) in [5.74, 6) is 0.887. The fourth-order valence-corrected chi connectivity index (χ4v) is 1.93. The molecule has 0 atom stereocenters. The number of rotatable bonds is 4. The van der Waals surface area contributed by atoms with E-state index in [1.54, 1.807) is 0 Å². The van der Waals surface area contributed by atoms with Crippen molar-refractivity contribution in [1.82, 2.24) is 0 Å². The Bertz CT molecular complexity index is 332. The van der Waals surface area contributed by atoms with Crippen LogP contribution in [-0.4, -0.2) is 11.7 Å². The van der Waals surface area contributed by atoms with Gasteiger partial charge in [-0.1, -0.05) is 32.9 Å². The number of phenols is 1. The summed E-state index contributed by atoms with van der Waals surface area (Å²) in [5.41, 5.74) is 8.85. The molecule has 1 rings (SSSR count). The lowest BCUT2D eigenvalue weighted by Gasteiger charge is -2.16. The van der Waals surface area contributed by atoms with E-state index in [2.05, 4.69) is 26.8 Å². The molecule has 0 amide bonds. The van der Waals surface area contributed by atoms with Gasteiger partial charge < -0.3 is 10.8 Å². The zero-order valence-corrected chi connectivity index (χ0v) is 9.88. The Morgan fingerprint density at radius 1 is 1.33 bits per heavy atom. The molecular formula is C13H21NO. The van der Waals surface area contributed by atoms with E-state index in [0.717, 1.165) is 24.0 Å². The summed E-state index contributed by atoms with van der Waals surface area (Å²) in [7, 11) is 0. The van der Waals surface area contributed by atoms with Crippen molar-refractivity contribution in [2.24, 2.45) is 5.73 Å². The molecule has 1 aromatic carbocycles. The van der Waals surface area contributed by atoms with E-state index >= 15 is 0 Å². The highest BCUT2D eigenvalue weighted by atomic mass is 16.3. The van der Waals surface area contributed by atoms with Gasteiger partial charge in [0.05, 0.1) is 0 Å². The van der Waals surface area contributed by atoms with Gasteiger partial charge in [-0.15, -0.1) is 0 Å². The van der Waals surface area contributed by atoms with E-state index in [-0.39, 0.29) is 0 Å². The molecule has 0 aromatic heterocycles. The van der Waals surface area contributed by atoms with Gasteiger partial charge >= 0.3 is 0 Å². The zero-order valence-electron chi connectivity index (χ0n) is 9.88. The van der Waals surface area contributed by atoms with Crippen LogP contribution in [0.25, 0.3) is 0 Å². The normalized spacial score (nSPS) is 11.0. The minimum absolute atomic E-state index is 0.434. The van der Waals surface area contributed by atoms with E-state index < -0.39 is 0 Å². The van der Waals surface area contributed by atoms with Crippen molar-refractivity contribution >= 4 is 0 Å². The van der Waals surface area contributed by atoms with Gasteiger partial charge in [0.25, 0.3) is 0 Å². The fourth-order valence-electron chi connectivity index (χ4n) is 1.93. The molecule has 0 bridgehead atoms. The Kier molecular flexibility index (Phi) is 4.15. The van der Waals surface area contributed by atoms with Crippen molar-refractivity contribution in [3.63, 3.8) is 0 Å². The lowest BCUT2D eigenvalue weighted by Crippen LogP contribution is -2.07. The van der Waals surface area contributed by atoms with Gasteiger partial charge in [0.1, 0.15) is 5.75 Å². The van der Waals surface area contributed by atoms with Crippen molar-refractivity contribution < 1.29 is 5.11 Å². The molecule has 0 radical (unpaired) electrons. The standard InChI is InChI=1S/C13H21NO/c1-4-10-5-6-11(9(2)3)12(7-8-14)13(10)15/h5-6,9,15H,4,7-8,14H2,1-3H3. The molecule has 15 heavy (non-hydrogen) atoms. The van der Waals surface area contributed by atoms with Crippen LogP contribution in [0, 0.1) is 0 Å². The molecule has 0 saturated carbocycles. The van der Waals surface area contributed by atoms with Crippen molar-refractivity contribution in [3.8, 4) is 5.75 Å². The minimum Gasteiger partial charge on any atom is -0.507 e. The van der Waals surface area contributed by atoms with Crippen LogP contribution in [0.3, 0.4) is 0 Å². The van der Waals surface area contributed by atoms with E-state index in [4.69, 9.17) is 5.73 Å². The van der Waals surface area contributed by atoms with Gasteiger partial charge in [0.15, 0.2) is 0 Å². The third-order valence-corrected chi connectivity index (χ3v) is 2.80. The van der Waals surface area contributed by atoms with E-state index in [9.17, 15) is 5.11 Å². The molecule has 0 aliphatic carbocycles. The van der Waals surface area contributed by atoms with Gasteiger partial charge in [0.2, 0.25) is 0 Å². The predicted octanol–water partition coefficient (Wildman–Crippen LogP) is 2.58. The second-order valence-electron chi connectivity index (χ2n) is 4.19. The van der Waals surface area contributed by atoms with Crippen LogP contribution >= 0.6 is 0 Å². The molecule has 2 heteroatoms. The van der Waals surface area contributed by atoms with Crippen LogP contribution in [-0.2, 0) is 12.8 Å². The van der Waals surface area contributed by atoms with Gasteiger partial charge in [-0.25, -0.2) is 0 Å². The van der Waals surface area contributed by atoms with Crippen LogP contribution in [0.2, 0.25) is 0 Å². The average Bonchev–Trinajstić information content (AvgIpc) is 2.20. The maximum atomic E-state index is 10.1. The summed E-state index contributed by atoms with van der Waals surface area (Å²) in [5, 5.41) is 10.1. The Labute approximate surface area is 92.1 Å². The molecule has 0 saturated heterocycles. The summed E-state index contributed by atoms with van der Waals surface area (Å²) < 4.78 is 0. The van der Waals surface area contributed by atoms with Gasteiger partial charge in [0, 0.05) is 0 Å². The average molecular weight is 207 g/mol. The number of aryl methyl sites for hydroxylation is 1. The smallest absolute Gasteiger partial charge is 0.122 e. The van der Waals surface area contributed by atoms with Gasteiger partial charge in [-0.2, -0.15) is 0 Å². The summed E-state index contributed by atoms with van der Waals surface area (Å²) in [6.45, 7) is 6.91. The first-order valence-electron chi connectivity index (χ1n) is 5.65. The molecule has 0 fully saturated rings. The SMILES string of the molecule is CCc1ccc(C(C)C)c(CCN)c1O. The second kappa shape index (κ2) is 5.17. The molecule has 2 nitrogen and oxygen atoms in total. The van der Waals surface area contributed by atoms with E-state index in [1.807, 2.05) is 6.07 Å². The quantitative estimate of drug-likeness (QED) is 0.797. The van der Waals surface area contributed by atoms with Crippen molar-refractivity contribution in [1.29, 1.82) is 0 Å². The van der Waals surface area contributed by atoms with Gasteiger partial charge in [-0.3, -0.25) is 0 Å². The lowest BCUT2D eigenvalue weighted by atomic mass is 9.92. The Morgan fingerprint density at radius 2 is 2.00 bits per heavy atom. The van der Waals surface area contributed by atoms with Crippen LogP contribution in [0.15, 0.2) is 12.1 Å². The lowest BCUT2D eigenvalue weighted by molar-refractivity contribution is 0.460. The molecule has 84 valence electrons. The molecule has 0 heterocycles. The molecule has 0 aliphatic heterocycles. The largest absolute Gasteiger partial charge is 0.507 e. The van der Waals surface area contributed by atoms with Crippen molar-refractivity contribution in [3.05, 3.63) is 28.8 Å². The summed E-state index contributed by atoms with van der Waals surface area (Å²) >= 11 is 0. The first-order chi connectivity index (χ1) is 7.11. The number of hydrogen-bond donors (Lipinski definition) is 2. The van der Waals surface area contributed by atoms with Crippen LogP contribution in [0.4, 0.5) is 0 Å². The Morgan fingerprint density at radius 3 is 2.47 bits per heavy atom. The maximum absolute atomic E-state index is 10.1. The highest BCUT2D eigenvalue weighted by molar-refractivity contribution is 5.47. The van der Waals surface area contributed by atoms with E-state index in [1.165, 1.54) is 5.56 Å². The number of benzene rings is 1. The molecule has 0 spiro atoms. The third-order valence-electron chi connectivity index (χ3n) is 2.80. The topological polar surface area (TPSA) is 46.2 Å². The fraction of sp³-hybridized carbons (Fsp3) is 0.538. The monoisotopic (exact) mass is 207 g/mol. The molecular weight excluding hydrogens is 186 g/mol. The highest BCUT2D eigenvalue weighted by Gasteiger charge is 2.13. The highest BCUT2D eigenvalue weighted by Crippen LogP contribution is 2.31. The van der Waals surface area contributed by atoms with Crippen LogP contribution < -0.4 is 5.73 Å². The number of nitrogens with two attached hydrogens (primary N) is 1. The first kappa shape index (κ1) is 12.1. The maximum Gasteiger partial charge on any atom is 0.122 e. The minimum atomic E-state index is 0.434. The predicted molar refractivity (Wildman–Crippen MR) is 64.3 cm³/mol. The summed E-state index contributed by atoms with van der Waals surface area (Å²) in [6.07, 6.45) is 1.62. The number of hydrogen-bond acceptors (Lipinski definition) is 2. The number of phenolic OH excluding ortho intramolecular Hbond substituents is 1. The molecule has 1 aromatic rings. The van der Waals surface area contributed by atoms with E-state index in [0.29, 0.717) is 18.2 Å². The zero-order chi connectivity index (χ0) is 11.4. The summed E-state index contributed by atoms with van der Waals surface area (Å²) in [6, 6.07) is 4.14. The second-order valence-corrected chi connectivity index (χ2v) is 4.19. The Hall–Kier alpha value is -1.02. The van der Waals surface area contributed by atoms with Crippen molar-refractivity contribution in [2.45, 2.75) is 39.5 Å². The number of aromatic hydroxyl groups is 1. The Balaban J connectivity index is 3.24. The van der Waals surface area contributed by atoms with Crippen molar-refractivity contribution in [2.75, 3.05) is 6.54 Å². The third kappa shape index (κ3) is 2.51. The molecule has 0 unspecified atom stereocenters.